The second kappa shape index (κ2) is 6.48. The summed E-state index contributed by atoms with van der Waals surface area (Å²) in [6.07, 6.45) is 3.69. The highest BCUT2D eigenvalue weighted by Gasteiger charge is 2.22. The molecule has 6 nitrogen and oxygen atoms in total. The van der Waals surface area contributed by atoms with Gasteiger partial charge >= 0.3 is 0 Å². The van der Waals surface area contributed by atoms with Crippen LogP contribution in [0.5, 0.6) is 0 Å². The fourth-order valence-corrected chi connectivity index (χ4v) is 4.18. The van der Waals surface area contributed by atoms with Crippen LogP contribution in [0.1, 0.15) is 31.7 Å². The molecule has 0 unspecified atom stereocenters. The minimum atomic E-state index is -0.122. The van der Waals surface area contributed by atoms with E-state index < -0.39 is 0 Å². The van der Waals surface area contributed by atoms with Crippen LogP contribution in [-0.2, 0) is 4.79 Å². The third kappa shape index (κ3) is 3.11. The molecule has 1 aromatic carbocycles. The fourth-order valence-electron chi connectivity index (χ4n) is 3.22. The Morgan fingerprint density at radius 2 is 2.04 bits per heavy atom. The molecule has 4 rings (SSSR count). The molecular weight excluding hydrogens is 334 g/mol. The van der Waals surface area contributed by atoms with Gasteiger partial charge in [0.15, 0.2) is 5.82 Å². The number of hydrogen-bond acceptors (Lipinski definition) is 5. The number of piperidine rings is 1. The van der Waals surface area contributed by atoms with E-state index in [9.17, 15) is 4.79 Å². The van der Waals surface area contributed by atoms with Crippen LogP contribution in [0.25, 0.3) is 16.2 Å². The number of carbonyl (C=O) groups is 1. The van der Waals surface area contributed by atoms with E-state index in [1.807, 2.05) is 25.1 Å². The van der Waals surface area contributed by atoms with Gasteiger partial charge in [-0.3, -0.25) is 4.79 Å². The summed E-state index contributed by atoms with van der Waals surface area (Å²) in [4.78, 5) is 19.6. The Labute approximate surface area is 150 Å². The molecule has 1 aliphatic heterocycles. The Bertz CT molecular complexity index is 923. The van der Waals surface area contributed by atoms with Gasteiger partial charge in [-0.1, -0.05) is 35.1 Å². The van der Waals surface area contributed by atoms with E-state index >= 15 is 0 Å². The Balaban J connectivity index is 1.80. The number of amides is 1. The molecule has 1 fully saturated rings. The lowest BCUT2D eigenvalue weighted by Crippen LogP contribution is -2.29. The van der Waals surface area contributed by atoms with Crippen LogP contribution in [0.2, 0.25) is 0 Å². The summed E-state index contributed by atoms with van der Waals surface area (Å²) in [6.45, 7) is 5.64. The molecule has 1 saturated heterocycles. The molecule has 3 heterocycles. The first-order valence-electron chi connectivity index (χ1n) is 8.61. The number of carbonyl (C=O) groups excluding carboxylic acids is 1. The van der Waals surface area contributed by atoms with Crippen molar-refractivity contribution in [2.75, 3.05) is 23.3 Å². The van der Waals surface area contributed by atoms with Crippen molar-refractivity contribution in [2.24, 2.45) is 0 Å². The molecule has 0 saturated carbocycles. The normalized spacial score (nSPS) is 14.9. The van der Waals surface area contributed by atoms with E-state index in [0.717, 1.165) is 40.0 Å². The molecule has 1 N–H and O–H groups in total. The first-order chi connectivity index (χ1) is 12.1. The van der Waals surface area contributed by atoms with Gasteiger partial charge in [-0.15, -0.1) is 5.10 Å². The lowest BCUT2D eigenvalue weighted by molar-refractivity contribution is -0.114. The van der Waals surface area contributed by atoms with Crippen molar-refractivity contribution in [1.29, 1.82) is 0 Å². The van der Waals surface area contributed by atoms with Crippen LogP contribution in [0.4, 0.5) is 10.9 Å². The molecule has 1 amide bonds. The summed E-state index contributed by atoms with van der Waals surface area (Å²) in [5.74, 6) is 0.524. The molecule has 25 heavy (non-hydrogen) atoms. The minimum Gasteiger partial charge on any atom is -0.347 e. The number of imidazole rings is 1. The van der Waals surface area contributed by atoms with Crippen molar-refractivity contribution < 1.29 is 4.79 Å². The summed E-state index contributed by atoms with van der Waals surface area (Å²) < 4.78 is 1.77. The Hall–Kier alpha value is -2.41. The van der Waals surface area contributed by atoms with Crippen molar-refractivity contribution in [1.82, 2.24) is 14.6 Å². The maximum atomic E-state index is 11.7. The molecule has 3 aromatic rings. The van der Waals surface area contributed by atoms with Crippen LogP contribution in [0.3, 0.4) is 0 Å². The van der Waals surface area contributed by atoms with E-state index in [1.54, 1.807) is 15.9 Å². The minimum absolute atomic E-state index is 0.122. The van der Waals surface area contributed by atoms with Gasteiger partial charge in [-0.2, -0.15) is 4.52 Å². The molecule has 0 aliphatic carbocycles. The molecule has 0 radical (unpaired) electrons. The highest BCUT2D eigenvalue weighted by atomic mass is 32.1. The zero-order valence-corrected chi connectivity index (χ0v) is 15.3. The van der Waals surface area contributed by atoms with Crippen LogP contribution in [0, 0.1) is 6.92 Å². The molecule has 130 valence electrons. The molecule has 1 aliphatic rings. The maximum Gasteiger partial charge on any atom is 0.222 e. The smallest absolute Gasteiger partial charge is 0.222 e. The standard InChI is InChI=1S/C18H21N5OS/c1-12-7-6-8-14(11-12)15-16(19-13(2)24)23-17(20-15)25-18(21-23)22-9-4-3-5-10-22/h6-8,11H,3-5,9-10H2,1-2H3,(H,19,24). The predicted molar refractivity (Wildman–Crippen MR) is 101 cm³/mol. The summed E-state index contributed by atoms with van der Waals surface area (Å²) >= 11 is 1.58. The number of aryl methyl sites for hydroxylation is 1. The lowest BCUT2D eigenvalue weighted by atomic mass is 10.1. The number of aromatic nitrogens is 3. The molecule has 0 spiro atoms. The zero-order valence-electron chi connectivity index (χ0n) is 14.5. The summed E-state index contributed by atoms with van der Waals surface area (Å²) in [7, 11) is 0. The van der Waals surface area contributed by atoms with Crippen LogP contribution < -0.4 is 10.2 Å². The molecular formula is C18H21N5OS. The average molecular weight is 355 g/mol. The van der Waals surface area contributed by atoms with E-state index in [-0.39, 0.29) is 5.91 Å². The third-order valence-electron chi connectivity index (χ3n) is 4.41. The first-order valence-corrected chi connectivity index (χ1v) is 9.42. The van der Waals surface area contributed by atoms with Crippen molar-refractivity contribution in [3.05, 3.63) is 29.8 Å². The Morgan fingerprint density at radius 3 is 2.76 bits per heavy atom. The van der Waals surface area contributed by atoms with Gasteiger partial charge in [-0.05, 0) is 32.3 Å². The monoisotopic (exact) mass is 355 g/mol. The maximum absolute atomic E-state index is 11.7. The van der Waals surface area contributed by atoms with Crippen LogP contribution >= 0.6 is 11.3 Å². The zero-order chi connectivity index (χ0) is 17.4. The summed E-state index contributed by atoms with van der Waals surface area (Å²) in [5, 5.41) is 8.64. The SMILES string of the molecule is CC(=O)Nc1c(-c2cccc(C)c2)nc2sc(N3CCCCC3)nn12. The third-order valence-corrected chi connectivity index (χ3v) is 5.37. The van der Waals surface area contributed by atoms with Gasteiger partial charge in [0.1, 0.15) is 5.69 Å². The number of fused-ring (bicyclic) bond motifs is 1. The van der Waals surface area contributed by atoms with E-state index in [0.29, 0.717) is 5.82 Å². The topological polar surface area (TPSA) is 62.5 Å². The van der Waals surface area contributed by atoms with Crippen LogP contribution in [0.15, 0.2) is 24.3 Å². The fraction of sp³-hybridized carbons (Fsp3) is 0.389. The van der Waals surface area contributed by atoms with Crippen molar-refractivity contribution in [2.45, 2.75) is 33.1 Å². The summed E-state index contributed by atoms with van der Waals surface area (Å²) in [5.41, 5.74) is 2.91. The second-order valence-electron chi connectivity index (χ2n) is 6.49. The Morgan fingerprint density at radius 1 is 1.24 bits per heavy atom. The number of anilines is 2. The number of nitrogens with one attached hydrogen (secondary N) is 1. The molecule has 7 heteroatoms. The van der Waals surface area contributed by atoms with Gasteiger partial charge < -0.3 is 10.2 Å². The van der Waals surface area contributed by atoms with E-state index in [2.05, 4.69) is 16.3 Å². The quantitative estimate of drug-likeness (QED) is 0.778. The highest BCUT2D eigenvalue weighted by molar-refractivity contribution is 7.20. The molecule has 0 bridgehead atoms. The van der Waals surface area contributed by atoms with Crippen molar-refractivity contribution in [3.63, 3.8) is 0 Å². The summed E-state index contributed by atoms with van der Waals surface area (Å²) in [6, 6.07) is 8.13. The van der Waals surface area contributed by atoms with E-state index in [4.69, 9.17) is 10.1 Å². The van der Waals surface area contributed by atoms with Gasteiger partial charge in [0, 0.05) is 25.6 Å². The van der Waals surface area contributed by atoms with E-state index in [1.165, 1.54) is 26.2 Å². The van der Waals surface area contributed by atoms with Gasteiger partial charge in [0.05, 0.1) is 0 Å². The average Bonchev–Trinajstić information content (AvgIpc) is 3.15. The molecule has 2 aromatic heterocycles. The Kier molecular flexibility index (Phi) is 4.17. The number of nitrogens with zero attached hydrogens (tertiary/aromatic N) is 4. The largest absolute Gasteiger partial charge is 0.347 e. The number of hydrogen-bond donors (Lipinski definition) is 1. The van der Waals surface area contributed by atoms with Gasteiger partial charge in [-0.25, -0.2) is 4.98 Å². The highest BCUT2D eigenvalue weighted by Crippen LogP contribution is 2.34. The van der Waals surface area contributed by atoms with Gasteiger partial charge in [0.25, 0.3) is 0 Å². The molecule has 0 atom stereocenters. The lowest BCUT2D eigenvalue weighted by Gasteiger charge is -2.25. The number of benzene rings is 1. The van der Waals surface area contributed by atoms with Crippen LogP contribution in [-0.4, -0.2) is 33.6 Å². The van der Waals surface area contributed by atoms with Gasteiger partial charge in [0.2, 0.25) is 16.0 Å². The predicted octanol–water partition coefficient (Wildman–Crippen LogP) is 3.71. The first kappa shape index (κ1) is 16.1. The van der Waals surface area contributed by atoms with Crippen molar-refractivity contribution >= 4 is 33.2 Å². The van der Waals surface area contributed by atoms with Crippen molar-refractivity contribution in [3.8, 4) is 11.3 Å². The number of rotatable bonds is 3. The second-order valence-corrected chi connectivity index (χ2v) is 7.42.